The quantitative estimate of drug-likeness (QED) is 0.402. The molecule has 0 aliphatic carbocycles. The topological polar surface area (TPSA) is 142 Å². The summed E-state index contributed by atoms with van der Waals surface area (Å²) in [6, 6.07) is 9.23. The predicted molar refractivity (Wildman–Crippen MR) is 80.8 cm³/mol. The van der Waals surface area contributed by atoms with Gasteiger partial charge in [-0.25, -0.2) is 0 Å². The van der Waals surface area contributed by atoms with Gasteiger partial charge in [-0.05, 0) is 13.8 Å². The molecular weight excluding hydrogens is 359 g/mol. The third-order valence-electron chi connectivity index (χ3n) is 3.07. The van der Waals surface area contributed by atoms with E-state index in [2.05, 4.69) is 11.5 Å². The van der Waals surface area contributed by atoms with Gasteiger partial charge in [0, 0.05) is 47.5 Å². The van der Waals surface area contributed by atoms with E-state index in [1.165, 1.54) is 24.3 Å². The van der Waals surface area contributed by atoms with Gasteiger partial charge in [0.15, 0.2) is 0 Å². The maximum Gasteiger partial charge on any atom is 0.270 e. The molecule has 24 heavy (non-hydrogen) atoms. The Labute approximate surface area is 151 Å². The van der Waals surface area contributed by atoms with E-state index < -0.39 is 9.85 Å². The molecule has 0 atom stereocenters. The maximum atomic E-state index is 10.2. The van der Waals surface area contributed by atoms with Gasteiger partial charge >= 0.3 is 0 Å². The number of hydrogen-bond acceptors (Lipinski definition) is 4. The van der Waals surface area contributed by atoms with E-state index in [0.717, 1.165) is 22.5 Å². The van der Waals surface area contributed by atoms with E-state index in [0.29, 0.717) is 0 Å². The fourth-order valence-corrected chi connectivity index (χ4v) is 1.59. The van der Waals surface area contributed by atoms with Gasteiger partial charge in [-0.15, -0.1) is 0 Å². The average Bonchev–Trinajstić information content (AvgIpc) is 2.45. The lowest BCUT2D eigenvalue weighted by atomic mass is 10.2. The summed E-state index contributed by atoms with van der Waals surface area (Å²) in [4.78, 5) is 19.7. The van der Waals surface area contributed by atoms with Crippen LogP contribution in [0, 0.1) is 34.1 Å². The highest BCUT2D eigenvalue weighted by molar-refractivity contribution is 5.46. The number of halogens is 2. The first-order valence-corrected chi connectivity index (χ1v) is 6.36. The van der Waals surface area contributed by atoms with Crippen molar-refractivity contribution in [3.8, 4) is 0 Å². The number of aryl methyl sites for hydroxylation is 2. The summed E-state index contributed by atoms with van der Waals surface area (Å²) in [6.07, 6.45) is 0. The van der Waals surface area contributed by atoms with Crippen molar-refractivity contribution in [2.45, 2.75) is 13.8 Å². The summed E-state index contributed by atoms with van der Waals surface area (Å²) < 4.78 is 0. The number of nitro groups is 2. The molecular formula is C14H18Cl2N4O4. The Morgan fingerprint density at radius 2 is 1.04 bits per heavy atom. The van der Waals surface area contributed by atoms with E-state index in [-0.39, 0.29) is 36.2 Å². The van der Waals surface area contributed by atoms with Crippen molar-refractivity contribution in [2.24, 2.45) is 0 Å². The summed E-state index contributed by atoms with van der Waals surface area (Å²) in [5.74, 6) is 0. The first-order valence-electron chi connectivity index (χ1n) is 6.36. The van der Waals surface area contributed by atoms with Gasteiger partial charge in [-0.2, -0.15) is 0 Å². The molecule has 0 saturated carbocycles. The molecule has 2 aromatic carbocycles. The van der Waals surface area contributed by atoms with Crippen LogP contribution in [0.1, 0.15) is 11.1 Å². The fourth-order valence-electron chi connectivity index (χ4n) is 1.59. The van der Waals surface area contributed by atoms with Gasteiger partial charge in [0.25, 0.3) is 11.4 Å². The minimum absolute atomic E-state index is 0. The number of hydrogen-bond donors (Lipinski definition) is 2. The van der Waals surface area contributed by atoms with Crippen LogP contribution in [0.25, 0.3) is 0 Å². The normalized spacial score (nSPS) is 8.83. The monoisotopic (exact) mass is 376 g/mol. The van der Waals surface area contributed by atoms with Crippen LogP contribution >= 0.6 is 0 Å². The number of rotatable bonds is 2. The van der Waals surface area contributed by atoms with Gasteiger partial charge < -0.3 is 36.3 Å². The van der Waals surface area contributed by atoms with Gasteiger partial charge in [-0.1, -0.05) is 0 Å². The van der Waals surface area contributed by atoms with E-state index in [9.17, 15) is 20.2 Å². The molecule has 0 radical (unpaired) electrons. The Morgan fingerprint density at radius 3 is 1.25 bits per heavy atom. The Bertz CT molecular complexity index is 664. The van der Waals surface area contributed by atoms with E-state index >= 15 is 0 Å². The lowest BCUT2D eigenvalue weighted by Crippen LogP contribution is -3.00. The van der Waals surface area contributed by atoms with Crippen LogP contribution in [0.5, 0.6) is 0 Å². The highest BCUT2D eigenvalue weighted by atomic mass is 35.5. The van der Waals surface area contributed by atoms with Gasteiger partial charge in [0.1, 0.15) is 11.4 Å². The maximum absolute atomic E-state index is 10.2. The summed E-state index contributed by atoms with van der Waals surface area (Å²) >= 11 is 0. The Hall–Kier alpha value is -2.26. The fraction of sp³-hybridized carbons (Fsp3) is 0.143. The second-order valence-electron chi connectivity index (χ2n) is 4.74. The van der Waals surface area contributed by atoms with Gasteiger partial charge in [-0.3, -0.25) is 20.2 Å². The number of nitro benzene ring substituents is 2. The molecule has 0 aliphatic heterocycles. The summed E-state index contributed by atoms with van der Waals surface area (Å²) in [5, 5.41) is 20.5. The van der Waals surface area contributed by atoms with Crippen LogP contribution < -0.4 is 36.3 Å². The first-order chi connectivity index (χ1) is 10.2. The third-order valence-corrected chi connectivity index (χ3v) is 3.07. The zero-order chi connectivity index (χ0) is 16.9. The predicted octanol–water partition coefficient (Wildman–Crippen LogP) is -4.44. The summed E-state index contributed by atoms with van der Waals surface area (Å²) in [5.41, 5.74) is 11.0. The van der Waals surface area contributed by atoms with Crippen molar-refractivity contribution in [2.75, 3.05) is 0 Å². The minimum Gasteiger partial charge on any atom is -1.00 e. The highest BCUT2D eigenvalue weighted by Crippen LogP contribution is 2.17. The minimum atomic E-state index is -0.410. The number of quaternary nitrogens is 2. The van der Waals surface area contributed by atoms with Crippen molar-refractivity contribution in [1.82, 2.24) is 0 Å². The smallest absolute Gasteiger partial charge is 0.270 e. The molecule has 0 spiro atoms. The van der Waals surface area contributed by atoms with E-state index in [4.69, 9.17) is 0 Å². The average molecular weight is 377 g/mol. The van der Waals surface area contributed by atoms with E-state index in [1.54, 1.807) is 26.0 Å². The molecule has 0 bridgehead atoms. The molecule has 0 amide bonds. The molecule has 132 valence electrons. The number of nitrogens with zero attached hydrogens (tertiary/aromatic N) is 2. The molecule has 6 N–H and O–H groups in total. The van der Waals surface area contributed by atoms with Crippen molar-refractivity contribution < 1.29 is 46.1 Å². The second kappa shape index (κ2) is 10.5. The SMILES string of the molecule is Cc1cc([N+](=O)[O-])ccc1[NH3+].Cc1cc([N+](=O)[O-])ccc1[NH3+].[Cl-].[Cl-]. The van der Waals surface area contributed by atoms with Crippen LogP contribution in [0.4, 0.5) is 22.7 Å². The van der Waals surface area contributed by atoms with Gasteiger partial charge in [0.2, 0.25) is 0 Å². The molecule has 0 aromatic heterocycles. The van der Waals surface area contributed by atoms with Crippen molar-refractivity contribution in [1.29, 1.82) is 0 Å². The Balaban J connectivity index is 0. The molecule has 2 rings (SSSR count). The summed E-state index contributed by atoms with van der Waals surface area (Å²) in [6.45, 7) is 3.60. The zero-order valence-corrected chi connectivity index (χ0v) is 14.7. The molecule has 8 nitrogen and oxygen atoms in total. The molecule has 10 heteroatoms. The van der Waals surface area contributed by atoms with Crippen molar-refractivity contribution in [3.63, 3.8) is 0 Å². The van der Waals surface area contributed by atoms with E-state index in [1.807, 2.05) is 0 Å². The lowest BCUT2D eigenvalue weighted by molar-refractivity contribution is -0.385. The first kappa shape index (κ1) is 24.0. The molecule has 2 aromatic rings. The van der Waals surface area contributed by atoms with Crippen LogP contribution in [0.15, 0.2) is 36.4 Å². The molecule has 0 aliphatic rings. The molecule has 0 fully saturated rings. The summed E-state index contributed by atoms with van der Waals surface area (Å²) in [7, 11) is 0. The molecule has 0 heterocycles. The van der Waals surface area contributed by atoms with Crippen LogP contribution in [-0.2, 0) is 0 Å². The van der Waals surface area contributed by atoms with Crippen molar-refractivity contribution >= 4 is 22.7 Å². The Morgan fingerprint density at radius 1 is 0.750 bits per heavy atom. The largest absolute Gasteiger partial charge is 1.00 e. The highest BCUT2D eigenvalue weighted by Gasteiger charge is 2.07. The van der Waals surface area contributed by atoms with Gasteiger partial charge in [0.05, 0.1) is 9.85 Å². The van der Waals surface area contributed by atoms with Crippen LogP contribution in [-0.4, -0.2) is 9.85 Å². The number of non-ortho nitro benzene ring substituents is 2. The second-order valence-corrected chi connectivity index (χ2v) is 4.74. The molecule has 0 saturated heterocycles. The number of benzene rings is 2. The lowest BCUT2D eigenvalue weighted by Gasteiger charge is -1.93. The standard InChI is InChI=1S/2C7H8N2O2.2ClH/c2*1-5-4-6(9(10)11)2-3-7(5)8;;/h2*2-4H,8H2,1H3;2*1H. The van der Waals surface area contributed by atoms with Crippen molar-refractivity contribution in [3.05, 3.63) is 67.8 Å². The van der Waals surface area contributed by atoms with Crippen LogP contribution in [0.2, 0.25) is 0 Å². The zero-order valence-electron chi connectivity index (χ0n) is 13.2. The Kier molecular flexibility index (Phi) is 10.5. The molecule has 0 unspecified atom stereocenters. The third kappa shape index (κ3) is 6.88. The van der Waals surface area contributed by atoms with Crippen LogP contribution in [0.3, 0.4) is 0 Å².